The molecule has 0 saturated heterocycles. The maximum atomic E-state index is 11.1. The summed E-state index contributed by atoms with van der Waals surface area (Å²) in [6, 6.07) is 2.24. The normalized spacial score (nSPS) is 9.73. The van der Waals surface area contributed by atoms with Gasteiger partial charge in [-0.15, -0.1) is 0 Å². The Morgan fingerprint density at radius 3 is 2.67 bits per heavy atom. The van der Waals surface area contributed by atoms with Crippen molar-refractivity contribution in [3.05, 3.63) is 32.3 Å². The van der Waals surface area contributed by atoms with E-state index in [1.165, 1.54) is 13.2 Å². The standard InChI is InChI=1S/C8H6BrNO5/c1-15-8(12)4-2-3-5(10(13)14)7(11)6(4)9/h2-3,11H,1H3. The predicted octanol–water partition coefficient (Wildman–Crippen LogP) is 1.85. The van der Waals surface area contributed by atoms with Crippen molar-refractivity contribution in [3.8, 4) is 5.75 Å². The van der Waals surface area contributed by atoms with Gasteiger partial charge in [0.1, 0.15) is 0 Å². The van der Waals surface area contributed by atoms with E-state index in [1.54, 1.807) is 0 Å². The molecule has 1 aromatic carbocycles. The molecule has 6 nitrogen and oxygen atoms in total. The molecule has 0 radical (unpaired) electrons. The van der Waals surface area contributed by atoms with E-state index in [0.29, 0.717) is 0 Å². The van der Waals surface area contributed by atoms with Crippen LogP contribution < -0.4 is 0 Å². The number of phenolic OH excluding ortho intramolecular Hbond substituents is 1. The Kier molecular flexibility index (Phi) is 3.25. The fraction of sp³-hybridized carbons (Fsp3) is 0.125. The number of aromatic hydroxyl groups is 1. The number of hydrogen-bond acceptors (Lipinski definition) is 5. The molecule has 1 N–H and O–H groups in total. The predicted molar refractivity (Wildman–Crippen MR) is 53.8 cm³/mol. The fourth-order valence-electron chi connectivity index (χ4n) is 0.969. The molecular formula is C8H6BrNO5. The maximum absolute atomic E-state index is 11.1. The third kappa shape index (κ3) is 2.07. The SMILES string of the molecule is COC(=O)c1ccc([N+](=O)[O-])c(O)c1Br. The van der Waals surface area contributed by atoms with Crippen LogP contribution >= 0.6 is 15.9 Å². The van der Waals surface area contributed by atoms with Gasteiger partial charge in [0.05, 0.1) is 22.1 Å². The first kappa shape index (κ1) is 11.4. The minimum absolute atomic E-state index is 0.0283. The summed E-state index contributed by atoms with van der Waals surface area (Å²) in [6.45, 7) is 0. The van der Waals surface area contributed by atoms with Gasteiger partial charge in [-0.25, -0.2) is 4.79 Å². The molecule has 0 spiro atoms. The number of halogens is 1. The van der Waals surface area contributed by atoms with Crippen molar-refractivity contribution in [1.82, 2.24) is 0 Å². The molecular weight excluding hydrogens is 270 g/mol. The lowest BCUT2D eigenvalue weighted by atomic mass is 10.2. The number of nitrogens with zero attached hydrogens (tertiary/aromatic N) is 1. The number of ether oxygens (including phenoxy) is 1. The molecule has 0 saturated carbocycles. The highest BCUT2D eigenvalue weighted by Gasteiger charge is 2.22. The largest absolute Gasteiger partial charge is 0.501 e. The van der Waals surface area contributed by atoms with Crippen LogP contribution in [0.1, 0.15) is 10.4 Å². The minimum Gasteiger partial charge on any atom is -0.501 e. The Bertz CT molecular complexity index is 431. The van der Waals surface area contributed by atoms with E-state index in [-0.39, 0.29) is 10.0 Å². The second-order valence-corrected chi connectivity index (χ2v) is 3.34. The first-order valence-corrected chi connectivity index (χ1v) is 4.52. The average molecular weight is 276 g/mol. The molecule has 0 aromatic heterocycles. The Morgan fingerprint density at radius 2 is 2.20 bits per heavy atom. The molecule has 0 fully saturated rings. The summed E-state index contributed by atoms with van der Waals surface area (Å²) < 4.78 is 4.37. The monoisotopic (exact) mass is 275 g/mol. The van der Waals surface area contributed by atoms with E-state index in [2.05, 4.69) is 20.7 Å². The van der Waals surface area contributed by atoms with Crippen LogP contribution in [0.15, 0.2) is 16.6 Å². The molecule has 0 amide bonds. The van der Waals surface area contributed by atoms with Gasteiger partial charge in [0, 0.05) is 6.07 Å². The van der Waals surface area contributed by atoms with E-state index >= 15 is 0 Å². The highest BCUT2D eigenvalue weighted by molar-refractivity contribution is 9.10. The van der Waals surface area contributed by atoms with Crippen LogP contribution in [0.3, 0.4) is 0 Å². The lowest BCUT2D eigenvalue weighted by Gasteiger charge is -2.04. The summed E-state index contributed by atoms with van der Waals surface area (Å²) in [6.07, 6.45) is 0. The fourth-order valence-corrected chi connectivity index (χ4v) is 1.47. The van der Waals surface area contributed by atoms with Crippen LogP contribution in [0.25, 0.3) is 0 Å². The molecule has 0 bridgehead atoms. The van der Waals surface area contributed by atoms with Gasteiger partial charge in [0.25, 0.3) is 0 Å². The van der Waals surface area contributed by atoms with Crippen LogP contribution in [0.2, 0.25) is 0 Å². The van der Waals surface area contributed by atoms with Gasteiger partial charge in [-0.3, -0.25) is 10.1 Å². The van der Waals surface area contributed by atoms with E-state index in [1.807, 2.05) is 0 Å². The zero-order valence-electron chi connectivity index (χ0n) is 7.56. The number of esters is 1. The van der Waals surface area contributed by atoms with Crippen molar-refractivity contribution in [2.45, 2.75) is 0 Å². The highest BCUT2D eigenvalue weighted by Crippen LogP contribution is 2.36. The molecule has 0 unspecified atom stereocenters. The zero-order valence-corrected chi connectivity index (χ0v) is 9.15. The number of methoxy groups -OCH3 is 1. The third-order valence-electron chi connectivity index (χ3n) is 1.70. The Labute approximate surface area is 92.8 Å². The lowest BCUT2D eigenvalue weighted by molar-refractivity contribution is -0.386. The van der Waals surface area contributed by atoms with Crippen molar-refractivity contribution in [3.63, 3.8) is 0 Å². The first-order valence-electron chi connectivity index (χ1n) is 3.73. The second kappa shape index (κ2) is 4.26. The van der Waals surface area contributed by atoms with E-state index < -0.39 is 22.3 Å². The van der Waals surface area contributed by atoms with Gasteiger partial charge in [0.15, 0.2) is 0 Å². The molecule has 0 aliphatic heterocycles. The van der Waals surface area contributed by atoms with Crippen LogP contribution in [-0.2, 0) is 4.74 Å². The van der Waals surface area contributed by atoms with Crippen LogP contribution in [0.4, 0.5) is 5.69 Å². The van der Waals surface area contributed by atoms with Gasteiger partial charge in [-0.1, -0.05) is 0 Å². The zero-order chi connectivity index (χ0) is 11.6. The summed E-state index contributed by atoms with van der Waals surface area (Å²) in [5, 5.41) is 19.8. The maximum Gasteiger partial charge on any atom is 0.339 e. The molecule has 15 heavy (non-hydrogen) atoms. The number of nitro groups is 1. The van der Waals surface area contributed by atoms with Crippen LogP contribution in [-0.4, -0.2) is 23.1 Å². The summed E-state index contributed by atoms with van der Waals surface area (Å²) in [4.78, 5) is 20.8. The van der Waals surface area contributed by atoms with Gasteiger partial charge >= 0.3 is 11.7 Å². The number of phenols is 1. The van der Waals surface area contributed by atoms with Crippen LogP contribution in [0, 0.1) is 10.1 Å². The number of carbonyl (C=O) groups is 1. The summed E-state index contributed by atoms with van der Waals surface area (Å²) in [7, 11) is 1.17. The van der Waals surface area contributed by atoms with Gasteiger partial charge in [-0.05, 0) is 22.0 Å². The molecule has 1 aromatic rings. The molecule has 0 heterocycles. The third-order valence-corrected chi connectivity index (χ3v) is 2.50. The van der Waals surface area contributed by atoms with Crippen molar-refractivity contribution >= 4 is 27.6 Å². The lowest BCUT2D eigenvalue weighted by Crippen LogP contribution is -2.03. The highest BCUT2D eigenvalue weighted by atomic mass is 79.9. The Morgan fingerprint density at radius 1 is 1.60 bits per heavy atom. The molecule has 0 atom stereocenters. The van der Waals surface area contributed by atoms with Gasteiger partial charge in [0.2, 0.25) is 5.75 Å². The molecule has 1 rings (SSSR count). The summed E-state index contributed by atoms with van der Waals surface area (Å²) in [5.74, 6) is -1.28. The van der Waals surface area contributed by atoms with Gasteiger partial charge < -0.3 is 9.84 Å². The van der Waals surface area contributed by atoms with Crippen molar-refractivity contribution in [2.75, 3.05) is 7.11 Å². The quantitative estimate of drug-likeness (QED) is 0.505. The second-order valence-electron chi connectivity index (χ2n) is 2.54. The van der Waals surface area contributed by atoms with E-state index in [9.17, 15) is 20.0 Å². The van der Waals surface area contributed by atoms with E-state index in [0.717, 1.165) is 6.07 Å². The number of nitro benzene ring substituents is 1. The van der Waals surface area contributed by atoms with Crippen molar-refractivity contribution in [2.24, 2.45) is 0 Å². The molecule has 7 heteroatoms. The average Bonchev–Trinajstić information content (AvgIpc) is 2.20. The van der Waals surface area contributed by atoms with Crippen LogP contribution in [0.5, 0.6) is 5.75 Å². The van der Waals surface area contributed by atoms with E-state index in [4.69, 9.17) is 0 Å². The number of benzene rings is 1. The van der Waals surface area contributed by atoms with Crippen molar-refractivity contribution < 1.29 is 19.6 Å². The number of rotatable bonds is 2. The smallest absolute Gasteiger partial charge is 0.339 e. The summed E-state index contributed by atoms with van der Waals surface area (Å²) >= 11 is 2.89. The number of hydrogen-bond donors (Lipinski definition) is 1. The summed E-state index contributed by atoms with van der Waals surface area (Å²) in [5.41, 5.74) is -0.449. The molecule has 80 valence electrons. The Hall–Kier alpha value is -1.63. The Balaban J connectivity index is 3.33. The van der Waals surface area contributed by atoms with Gasteiger partial charge in [-0.2, -0.15) is 0 Å². The molecule has 0 aliphatic rings. The topological polar surface area (TPSA) is 89.7 Å². The van der Waals surface area contributed by atoms with Crippen molar-refractivity contribution in [1.29, 1.82) is 0 Å². The first-order chi connectivity index (χ1) is 6.99. The molecule has 0 aliphatic carbocycles. The minimum atomic E-state index is -0.749. The number of carbonyl (C=O) groups excluding carboxylic acids is 1.